The zero-order valence-corrected chi connectivity index (χ0v) is 39.4. The molecule has 1 aliphatic carbocycles. The monoisotopic (exact) mass is 1110 g/mol. The van der Waals surface area contributed by atoms with Crippen LogP contribution in [0.2, 0.25) is 0 Å². The Morgan fingerprint density at radius 1 is 0.351 bits per heavy atom. The second-order valence-corrected chi connectivity index (χ2v) is 20.7. The minimum Gasteiger partial charge on any atom is -0.207 e. The summed E-state index contributed by atoms with van der Waals surface area (Å²) in [5, 5.41) is 23.7. The first-order valence-electron chi connectivity index (χ1n) is 22.3. The van der Waals surface area contributed by atoms with Gasteiger partial charge in [-0.25, -0.2) is 87.8 Å². The van der Waals surface area contributed by atoms with Crippen molar-refractivity contribution >= 4 is 51.2 Å². The van der Waals surface area contributed by atoms with Crippen LogP contribution in [0.5, 0.6) is 0 Å². The lowest BCUT2D eigenvalue weighted by molar-refractivity contribution is 0.378. The van der Waals surface area contributed by atoms with Gasteiger partial charge in [0.25, 0.3) is 0 Å². The van der Waals surface area contributed by atoms with Crippen molar-refractivity contribution in [2.24, 2.45) is 5.92 Å². The highest BCUT2D eigenvalue weighted by molar-refractivity contribution is 7.95. The number of hydrogen-bond acceptors (Lipinski definition) is 2. The summed E-state index contributed by atoms with van der Waals surface area (Å²) in [5.74, 6) is -71.1. The van der Waals surface area contributed by atoms with Crippen molar-refractivity contribution in [3.63, 3.8) is 0 Å². The average Bonchev–Trinajstić information content (AvgIpc) is 3.49. The van der Waals surface area contributed by atoms with Gasteiger partial charge in [0, 0.05) is 0 Å². The maximum absolute atomic E-state index is 15.4. The fourth-order valence-corrected chi connectivity index (χ4v) is 14.3. The van der Waals surface area contributed by atoms with Gasteiger partial charge in [0.05, 0.1) is 6.16 Å². The summed E-state index contributed by atoms with van der Waals surface area (Å²) in [4.78, 5) is 0. The van der Waals surface area contributed by atoms with Crippen molar-refractivity contribution in [1.29, 1.82) is 10.5 Å². The van der Waals surface area contributed by atoms with E-state index < -0.39 is 152 Å². The number of allylic oxidation sites excluding steroid dienone is 2. The second-order valence-electron chi connectivity index (χ2n) is 17.2. The highest BCUT2D eigenvalue weighted by Gasteiger charge is 2.53. The van der Waals surface area contributed by atoms with Crippen LogP contribution in [0.4, 0.5) is 87.8 Å². The molecule has 0 radical (unpaired) electrons. The fraction of sp³-hybridized carbons (Fsp3) is 0.132. The van der Waals surface area contributed by atoms with E-state index in [0.29, 0.717) is 11.5 Å². The largest absolute Gasteiger partial charge is 0.207 e. The minimum atomic E-state index is -7.22. The highest BCUT2D eigenvalue weighted by Crippen LogP contribution is 2.58. The van der Waals surface area contributed by atoms with E-state index in [1.54, 1.807) is 0 Å². The van der Waals surface area contributed by atoms with Crippen LogP contribution in [0, 0.1) is 145 Å². The van der Waals surface area contributed by atoms with Gasteiger partial charge in [0.15, 0.2) is 69.8 Å². The first kappa shape index (κ1) is 57.1. The summed E-state index contributed by atoms with van der Waals surface area (Å²) in [7, 11) is -2.12. The van der Waals surface area contributed by atoms with Crippen molar-refractivity contribution < 1.29 is 87.8 Å². The molecule has 2 nitrogen and oxygen atoms in total. The van der Waals surface area contributed by atoms with Crippen molar-refractivity contribution in [1.82, 2.24) is 0 Å². The second kappa shape index (κ2) is 22.5. The molecular formula is C53H28BF20N2P. The van der Waals surface area contributed by atoms with E-state index in [1.165, 1.54) is 35.2 Å². The van der Waals surface area contributed by atoms with E-state index in [1.807, 2.05) is 0 Å². The van der Waals surface area contributed by atoms with Crippen LogP contribution >= 0.6 is 7.26 Å². The molecule has 0 aliphatic heterocycles. The smallest absolute Gasteiger partial charge is 0.200 e. The van der Waals surface area contributed by atoms with Gasteiger partial charge in [-0.2, -0.15) is 10.5 Å². The number of nitriles is 2. The zero-order valence-electron chi connectivity index (χ0n) is 38.5. The number of rotatable bonds is 10. The van der Waals surface area contributed by atoms with Crippen LogP contribution in [-0.4, -0.2) is 12.3 Å². The quantitative estimate of drug-likeness (QED) is 0.0342. The molecule has 0 bridgehead atoms. The molecule has 398 valence electrons. The van der Waals surface area contributed by atoms with E-state index in [9.17, 15) is 63.2 Å². The molecule has 0 N–H and O–H groups in total. The molecule has 0 unspecified atom stereocenters. The van der Waals surface area contributed by atoms with Crippen molar-refractivity contribution in [3.05, 3.63) is 218 Å². The summed E-state index contributed by atoms with van der Waals surface area (Å²) in [6.07, 6.45) is -0.745. The van der Waals surface area contributed by atoms with E-state index in [0.717, 1.165) is 24.6 Å². The lowest BCUT2D eigenvalue weighted by atomic mass is 9.12. The molecule has 0 spiro atoms. The molecule has 0 amide bonds. The van der Waals surface area contributed by atoms with E-state index in [-0.39, 0.29) is 0 Å². The third kappa shape index (κ3) is 9.36. The van der Waals surface area contributed by atoms with E-state index in [2.05, 4.69) is 103 Å². The predicted molar refractivity (Wildman–Crippen MR) is 244 cm³/mol. The van der Waals surface area contributed by atoms with Crippen LogP contribution < -0.4 is 37.8 Å². The minimum absolute atomic E-state index is 0.313. The average molecular weight is 1110 g/mol. The van der Waals surface area contributed by atoms with Crippen LogP contribution in [-0.2, 0) is 0 Å². The molecular weight excluding hydrogens is 1090 g/mol. The van der Waals surface area contributed by atoms with Crippen molar-refractivity contribution in [3.8, 4) is 12.1 Å². The Balaban J connectivity index is 0.000000236. The number of benzene rings is 7. The third-order valence-corrected chi connectivity index (χ3v) is 17.7. The number of nitrogens with zero attached hydrogens (tertiary/aromatic N) is 2. The van der Waals surface area contributed by atoms with Crippen LogP contribution in [0.15, 0.2) is 102 Å². The Bertz CT molecular complexity index is 3070. The Morgan fingerprint density at radius 3 is 0.792 bits per heavy atom. The topological polar surface area (TPSA) is 47.6 Å². The van der Waals surface area contributed by atoms with Gasteiger partial charge in [0.1, 0.15) is 93.6 Å². The third-order valence-electron chi connectivity index (χ3n) is 13.3. The molecule has 0 atom stereocenters. The first-order valence-corrected chi connectivity index (χ1v) is 24.3. The number of hydrogen-bond donors (Lipinski definition) is 0. The summed E-state index contributed by atoms with van der Waals surface area (Å²) in [6.45, 7) is 0. The number of halogens is 20. The molecule has 0 aromatic heterocycles. The lowest BCUT2D eigenvalue weighted by Crippen LogP contribution is -2.81. The molecule has 77 heavy (non-hydrogen) atoms. The van der Waals surface area contributed by atoms with E-state index >= 15 is 35.1 Å². The Labute approximate surface area is 423 Å². The Kier molecular flexibility index (Phi) is 16.7. The van der Waals surface area contributed by atoms with Crippen molar-refractivity contribution in [2.75, 3.05) is 6.16 Å². The molecule has 0 heterocycles. The highest BCUT2D eigenvalue weighted by atomic mass is 31.2. The molecule has 1 fully saturated rings. The first-order chi connectivity index (χ1) is 36.5. The molecule has 1 aliphatic rings. The molecule has 7 aromatic carbocycles. The summed E-state index contributed by atoms with van der Waals surface area (Å²) < 4.78 is 294. The Hall–Kier alpha value is -7.65. The maximum Gasteiger partial charge on any atom is 0.200 e. The SMILES string of the molecule is Fc1c(F)c(F)c([B-](c2c(F)c(F)c(F)c(F)c2F)(c2c(F)c(F)c(F)c(F)c2F)c2c(F)c(F)c(F)c(F)c2F)c(F)c1F.N#CC(C#N)=C(C[P+](c1ccccc1)(c1ccccc1)c1ccccc1)C1CCCCC1. The standard InChI is InChI=1S/C29H28N2P.C24BF20/c30-21-25(22-31)29(24-13-5-1-6-14-24)23-32(26-15-7-2-8-16-26,27-17-9-3-10-18-27)28-19-11-4-12-20-28;26-5-1(6(27)14(35)21(42)13(5)34)25(2-7(28)15(36)22(43)16(37)8(2)29,3-9(30)17(38)23(44)18(39)10(3)31)4-11(32)19(40)24(45)20(41)12(4)33/h2-4,7-12,15-20,24H,1,5-6,13-14,23H2;/q+1;-1. The predicted octanol–water partition coefficient (Wildman–Crippen LogP) is 11.8. The Morgan fingerprint density at radius 2 is 0.571 bits per heavy atom. The lowest BCUT2D eigenvalue weighted by Gasteiger charge is -2.44. The zero-order chi connectivity index (χ0) is 56.6. The van der Waals surface area contributed by atoms with Gasteiger partial charge in [-0.3, -0.25) is 0 Å². The molecule has 7 aromatic rings. The molecule has 0 saturated heterocycles. The van der Waals surface area contributed by atoms with Gasteiger partial charge in [0.2, 0.25) is 0 Å². The molecule has 1 saturated carbocycles. The van der Waals surface area contributed by atoms with Gasteiger partial charge in [-0.1, -0.05) is 73.9 Å². The molecule has 24 heteroatoms. The van der Waals surface area contributed by atoms with Crippen molar-refractivity contribution in [2.45, 2.75) is 32.1 Å². The van der Waals surface area contributed by atoms with Gasteiger partial charge >= 0.3 is 0 Å². The summed E-state index contributed by atoms with van der Waals surface area (Å²) in [5.41, 5.74) is -12.9. The van der Waals surface area contributed by atoms with Crippen LogP contribution in [0.3, 0.4) is 0 Å². The van der Waals surface area contributed by atoms with Gasteiger partial charge < -0.3 is 0 Å². The van der Waals surface area contributed by atoms with E-state index in [4.69, 9.17) is 0 Å². The van der Waals surface area contributed by atoms with Gasteiger partial charge in [-0.05, 0) is 60.7 Å². The summed E-state index contributed by atoms with van der Waals surface area (Å²) >= 11 is 0. The van der Waals surface area contributed by atoms with Crippen LogP contribution in [0.25, 0.3) is 0 Å². The molecule has 8 rings (SSSR count). The summed E-state index contributed by atoms with van der Waals surface area (Å²) in [6, 6.07) is 36.7. The van der Waals surface area contributed by atoms with Crippen LogP contribution in [0.1, 0.15) is 32.1 Å². The maximum atomic E-state index is 15.4. The van der Waals surface area contributed by atoms with Gasteiger partial charge in [-0.15, -0.1) is 21.9 Å². The fourth-order valence-electron chi connectivity index (χ4n) is 9.93. The normalized spacial score (nSPS) is 12.9.